The Bertz CT molecular complexity index is 713. The molecular formula is C16H17N3O3. The first-order valence-electron chi connectivity index (χ1n) is 7.27. The van der Waals surface area contributed by atoms with Crippen molar-refractivity contribution in [3.63, 3.8) is 0 Å². The molecule has 0 spiro atoms. The minimum Gasteiger partial charge on any atom is -0.493 e. The van der Waals surface area contributed by atoms with Crippen LogP contribution in [0.25, 0.3) is 0 Å². The van der Waals surface area contributed by atoms with E-state index in [-0.39, 0.29) is 6.09 Å². The Morgan fingerprint density at radius 2 is 2.32 bits per heavy atom. The van der Waals surface area contributed by atoms with E-state index in [0.717, 1.165) is 29.3 Å². The van der Waals surface area contributed by atoms with Gasteiger partial charge < -0.3 is 14.5 Å². The molecule has 6 heteroatoms. The van der Waals surface area contributed by atoms with Crippen LogP contribution < -0.4 is 9.64 Å². The first-order valence-corrected chi connectivity index (χ1v) is 7.27. The lowest BCUT2D eigenvalue weighted by Crippen LogP contribution is -2.26. The summed E-state index contributed by atoms with van der Waals surface area (Å²) in [4.78, 5) is 20.5. The quantitative estimate of drug-likeness (QED) is 0.925. The van der Waals surface area contributed by atoms with Gasteiger partial charge in [-0.05, 0) is 18.2 Å². The van der Waals surface area contributed by atoms with Gasteiger partial charge in [0.15, 0.2) is 0 Å². The number of aromatic amines is 1. The molecule has 3 unspecified atom stereocenters. The maximum atomic E-state index is 11.7. The minimum atomic E-state index is -0.380. The molecule has 1 saturated carbocycles. The fraction of sp³-hybridized carbons (Fsp3) is 0.375. The molecule has 0 saturated heterocycles. The van der Waals surface area contributed by atoms with Crippen LogP contribution in [-0.2, 0) is 4.74 Å². The van der Waals surface area contributed by atoms with Crippen LogP contribution in [0.15, 0.2) is 30.7 Å². The van der Waals surface area contributed by atoms with E-state index < -0.39 is 0 Å². The summed E-state index contributed by atoms with van der Waals surface area (Å²) < 4.78 is 10.6. The van der Waals surface area contributed by atoms with Gasteiger partial charge in [0, 0.05) is 47.9 Å². The molecule has 1 amide bonds. The number of nitrogens with zero attached hydrogens (tertiary/aromatic N) is 2. The number of rotatable bonds is 2. The van der Waals surface area contributed by atoms with Crippen molar-refractivity contribution in [1.82, 2.24) is 9.97 Å². The van der Waals surface area contributed by atoms with E-state index in [2.05, 4.69) is 9.97 Å². The number of imidazole rings is 1. The van der Waals surface area contributed by atoms with Gasteiger partial charge in [-0.1, -0.05) is 0 Å². The first-order chi connectivity index (χ1) is 10.7. The Morgan fingerprint density at radius 1 is 1.45 bits per heavy atom. The van der Waals surface area contributed by atoms with Crippen molar-refractivity contribution in [2.45, 2.75) is 11.8 Å². The van der Waals surface area contributed by atoms with E-state index in [1.54, 1.807) is 13.4 Å². The van der Waals surface area contributed by atoms with Crippen LogP contribution in [0.4, 0.5) is 10.5 Å². The monoisotopic (exact) mass is 299 g/mol. The fourth-order valence-electron chi connectivity index (χ4n) is 3.44. The second kappa shape index (κ2) is 4.76. The molecule has 1 aromatic carbocycles. The van der Waals surface area contributed by atoms with Crippen LogP contribution >= 0.6 is 0 Å². The minimum absolute atomic E-state index is 0.380. The van der Waals surface area contributed by atoms with Crippen LogP contribution in [0.1, 0.15) is 23.1 Å². The Hall–Kier alpha value is -2.50. The van der Waals surface area contributed by atoms with Gasteiger partial charge >= 0.3 is 6.09 Å². The summed E-state index contributed by atoms with van der Waals surface area (Å²) in [5, 5.41) is 0. The van der Waals surface area contributed by atoms with Crippen LogP contribution in [0.3, 0.4) is 0 Å². The normalized spacial score (nSPS) is 24.7. The van der Waals surface area contributed by atoms with Crippen molar-refractivity contribution in [3.05, 3.63) is 42.0 Å². The van der Waals surface area contributed by atoms with E-state index in [4.69, 9.17) is 9.47 Å². The van der Waals surface area contributed by atoms with Gasteiger partial charge in [-0.25, -0.2) is 9.78 Å². The van der Waals surface area contributed by atoms with E-state index in [1.807, 2.05) is 24.4 Å². The van der Waals surface area contributed by atoms with Crippen molar-refractivity contribution >= 4 is 11.8 Å². The lowest BCUT2D eigenvalue weighted by atomic mass is 10.0. The molecule has 2 heterocycles. The summed E-state index contributed by atoms with van der Waals surface area (Å²) in [5.41, 5.74) is 3.12. The number of H-pyrrole nitrogens is 1. The topological polar surface area (TPSA) is 67.4 Å². The Morgan fingerprint density at radius 3 is 3.05 bits per heavy atom. The average Bonchev–Trinajstić information content (AvgIpc) is 3.05. The van der Waals surface area contributed by atoms with Gasteiger partial charge in [-0.15, -0.1) is 0 Å². The molecule has 22 heavy (non-hydrogen) atoms. The molecule has 1 aliphatic heterocycles. The van der Waals surface area contributed by atoms with E-state index >= 15 is 0 Å². The third kappa shape index (κ3) is 1.87. The number of ether oxygens (including phenoxy) is 2. The summed E-state index contributed by atoms with van der Waals surface area (Å²) in [7, 11) is 3.08. The van der Waals surface area contributed by atoms with E-state index in [1.165, 1.54) is 12.0 Å². The lowest BCUT2D eigenvalue weighted by molar-refractivity contribution is 0.180. The van der Waals surface area contributed by atoms with Crippen molar-refractivity contribution < 1.29 is 14.3 Å². The molecule has 1 aromatic heterocycles. The summed E-state index contributed by atoms with van der Waals surface area (Å²) in [6.07, 6.45) is 3.21. The van der Waals surface area contributed by atoms with E-state index in [0.29, 0.717) is 17.8 Å². The highest BCUT2D eigenvalue weighted by atomic mass is 16.5. The molecule has 6 nitrogen and oxygen atoms in total. The van der Waals surface area contributed by atoms with Gasteiger partial charge in [-0.3, -0.25) is 4.90 Å². The average molecular weight is 299 g/mol. The third-order valence-electron chi connectivity index (χ3n) is 4.67. The highest BCUT2D eigenvalue weighted by molar-refractivity contribution is 5.87. The number of fused-ring (bicyclic) bond motifs is 3. The predicted molar refractivity (Wildman–Crippen MR) is 80.3 cm³/mol. The first kappa shape index (κ1) is 13.2. The molecule has 1 fully saturated rings. The van der Waals surface area contributed by atoms with Gasteiger partial charge in [0.05, 0.1) is 20.0 Å². The highest BCUT2D eigenvalue weighted by Gasteiger charge is 2.56. The summed E-state index contributed by atoms with van der Waals surface area (Å²) >= 11 is 0. The molecule has 3 atom stereocenters. The molecule has 4 rings (SSSR count). The summed E-state index contributed by atoms with van der Waals surface area (Å²) in [5.74, 6) is 2.23. The SMILES string of the molecule is COC(=O)N(C)c1ccc2c(c1)C1C(CO2)C1c1cnc[nH]1. The zero-order chi connectivity index (χ0) is 15.3. The zero-order valence-corrected chi connectivity index (χ0v) is 12.4. The molecule has 1 aliphatic carbocycles. The van der Waals surface area contributed by atoms with Crippen molar-refractivity contribution in [2.24, 2.45) is 5.92 Å². The Kier molecular flexibility index (Phi) is 2.85. The molecule has 0 bridgehead atoms. The number of anilines is 1. The second-order valence-corrected chi connectivity index (χ2v) is 5.78. The number of hydrogen-bond donors (Lipinski definition) is 1. The molecule has 2 aromatic rings. The fourth-order valence-corrected chi connectivity index (χ4v) is 3.44. The highest BCUT2D eigenvalue weighted by Crippen LogP contribution is 2.64. The number of methoxy groups -OCH3 is 1. The van der Waals surface area contributed by atoms with E-state index in [9.17, 15) is 4.79 Å². The standard InChI is InChI=1S/C16H17N3O3/c1-19(16(20)21-2)9-3-4-13-10(5-9)14-11(7-22-13)15(14)12-6-17-8-18-12/h3-6,8,11,14-15H,7H2,1-2H3,(H,17,18). The van der Waals surface area contributed by atoms with Gasteiger partial charge in [0.25, 0.3) is 0 Å². The Balaban J connectivity index is 1.67. The number of carbonyl (C=O) groups excluding carboxylic acids is 1. The van der Waals surface area contributed by atoms with Crippen molar-refractivity contribution in [3.8, 4) is 5.75 Å². The maximum absolute atomic E-state index is 11.7. The largest absolute Gasteiger partial charge is 0.493 e. The predicted octanol–water partition coefficient (Wildman–Crippen LogP) is 2.50. The number of amides is 1. The number of hydrogen-bond acceptors (Lipinski definition) is 4. The van der Waals surface area contributed by atoms with Crippen molar-refractivity contribution in [1.29, 1.82) is 0 Å². The zero-order valence-electron chi connectivity index (χ0n) is 12.4. The summed E-state index contributed by atoms with van der Waals surface area (Å²) in [6.45, 7) is 0.730. The van der Waals surface area contributed by atoms with Crippen LogP contribution in [0.5, 0.6) is 5.75 Å². The molecule has 1 N–H and O–H groups in total. The number of nitrogens with one attached hydrogen (secondary N) is 1. The molecule has 2 aliphatic rings. The third-order valence-corrected chi connectivity index (χ3v) is 4.67. The maximum Gasteiger partial charge on any atom is 0.413 e. The molecular weight excluding hydrogens is 282 g/mol. The van der Waals surface area contributed by atoms with Crippen LogP contribution in [0.2, 0.25) is 0 Å². The Labute approximate surface area is 128 Å². The van der Waals surface area contributed by atoms with Crippen LogP contribution in [-0.4, -0.2) is 36.8 Å². The van der Waals surface area contributed by atoms with Gasteiger partial charge in [-0.2, -0.15) is 0 Å². The van der Waals surface area contributed by atoms with Crippen molar-refractivity contribution in [2.75, 3.05) is 25.7 Å². The number of aromatic nitrogens is 2. The van der Waals surface area contributed by atoms with Gasteiger partial charge in [0.2, 0.25) is 0 Å². The second-order valence-electron chi connectivity index (χ2n) is 5.78. The summed E-state index contributed by atoms with van der Waals surface area (Å²) in [6, 6.07) is 5.84. The smallest absolute Gasteiger partial charge is 0.413 e. The molecule has 0 radical (unpaired) electrons. The lowest BCUT2D eigenvalue weighted by Gasteiger charge is -2.20. The molecule has 114 valence electrons. The van der Waals surface area contributed by atoms with Crippen LogP contribution in [0, 0.1) is 5.92 Å². The number of benzene rings is 1. The number of carbonyl (C=O) groups is 1. The van der Waals surface area contributed by atoms with Gasteiger partial charge in [0.1, 0.15) is 5.75 Å².